The van der Waals surface area contributed by atoms with E-state index in [0.29, 0.717) is 12.0 Å². The molecule has 0 saturated carbocycles. The van der Waals surface area contributed by atoms with Crippen molar-refractivity contribution in [1.82, 2.24) is 4.90 Å². The Kier molecular flexibility index (Phi) is 8.93. The van der Waals surface area contributed by atoms with Gasteiger partial charge in [0.15, 0.2) is 5.72 Å². The molecule has 0 fully saturated rings. The highest BCUT2D eigenvalue weighted by molar-refractivity contribution is 7.17. The van der Waals surface area contributed by atoms with Crippen LogP contribution in [0.25, 0.3) is 0 Å². The zero-order valence-corrected chi connectivity index (χ0v) is 12.9. The maximum absolute atomic E-state index is 11.1. The molecule has 0 bridgehead atoms. The minimum absolute atomic E-state index is 0.130. The van der Waals surface area contributed by atoms with Gasteiger partial charge in [-0.2, -0.15) is 0 Å². The van der Waals surface area contributed by atoms with Crippen molar-refractivity contribution in [2.45, 2.75) is 31.0 Å². The molecule has 0 aromatic rings. The van der Waals surface area contributed by atoms with E-state index in [0.717, 1.165) is 4.90 Å². The Labute approximate surface area is 127 Å². The third-order valence-electron chi connectivity index (χ3n) is 2.96. The summed E-state index contributed by atoms with van der Waals surface area (Å²) in [6.07, 6.45) is 3.41. The van der Waals surface area contributed by atoms with Crippen LogP contribution in [-0.4, -0.2) is 33.3 Å². The molecule has 116 valence electrons. The van der Waals surface area contributed by atoms with E-state index in [4.69, 9.17) is 4.52 Å². The van der Waals surface area contributed by atoms with Crippen molar-refractivity contribution in [3.05, 3.63) is 62.8 Å². The predicted molar refractivity (Wildman–Crippen MR) is 84.4 cm³/mol. The molecule has 0 aliphatic heterocycles. The Morgan fingerprint density at radius 3 is 2.05 bits per heavy atom. The Morgan fingerprint density at radius 1 is 1.19 bits per heavy atom. The van der Waals surface area contributed by atoms with Gasteiger partial charge in [0.2, 0.25) is 0 Å². The lowest BCUT2D eigenvalue weighted by Crippen LogP contribution is -2.58. The molecule has 3 atom stereocenters. The van der Waals surface area contributed by atoms with Crippen molar-refractivity contribution >= 4 is 8.69 Å². The quantitative estimate of drug-likeness (QED) is 0.329. The predicted octanol–water partition coefficient (Wildman–Crippen LogP) is 2.93. The summed E-state index contributed by atoms with van der Waals surface area (Å²) < 4.78 is 16.4. The fourth-order valence-corrected chi connectivity index (χ4v) is 2.40. The SMILES string of the molecule is C=CCC(=C)C(CC=C)(OP=O)N(C(O)C=C)C(O)C=C. The molecule has 0 aromatic heterocycles. The summed E-state index contributed by atoms with van der Waals surface area (Å²) in [5.74, 6) is 0. The maximum atomic E-state index is 11.1. The summed E-state index contributed by atoms with van der Waals surface area (Å²) in [6, 6.07) is 0. The van der Waals surface area contributed by atoms with Crippen LogP contribution in [0.1, 0.15) is 12.8 Å². The highest BCUT2D eigenvalue weighted by Gasteiger charge is 2.45. The minimum Gasteiger partial charge on any atom is -0.375 e. The summed E-state index contributed by atoms with van der Waals surface area (Å²) in [7, 11) is -0.633. The molecule has 0 aromatic carbocycles. The average Bonchev–Trinajstić information content (AvgIpc) is 2.47. The van der Waals surface area contributed by atoms with Gasteiger partial charge >= 0.3 is 8.69 Å². The molecule has 0 amide bonds. The van der Waals surface area contributed by atoms with Gasteiger partial charge < -0.3 is 10.2 Å². The van der Waals surface area contributed by atoms with Gasteiger partial charge in [0, 0.05) is 6.42 Å². The van der Waals surface area contributed by atoms with Gasteiger partial charge in [-0.3, -0.25) is 4.52 Å². The fraction of sp³-hybridized carbons (Fsp3) is 0.333. The Balaban J connectivity index is 6.07. The number of nitrogens with zero attached hydrogens (tertiary/aromatic N) is 1. The summed E-state index contributed by atoms with van der Waals surface area (Å²) in [6.45, 7) is 18.1. The largest absolute Gasteiger partial charge is 0.375 e. The van der Waals surface area contributed by atoms with Gasteiger partial charge in [-0.1, -0.05) is 31.9 Å². The molecule has 6 heteroatoms. The molecule has 0 saturated heterocycles. The highest BCUT2D eigenvalue weighted by Crippen LogP contribution is 2.37. The summed E-state index contributed by atoms with van der Waals surface area (Å²) in [4.78, 5) is 1.16. The molecule has 2 N–H and O–H groups in total. The number of hydrogen-bond acceptors (Lipinski definition) is 5. The van der Waals surface area contributed by atoms with E-state index >= 15 is 0 Å². The first-order chi connectivity index (χ1) is 9.94. The topological polar surface area (TPSA) is 70.0 Å². The first kappa shape index (κ1) is 19.6. The maximum Gasteiger partial charge on any atom is 0.329 e. The van der Waals surface area contributed by atoms with Crippen LogP contribution in [0.3, 0.4) is 0 Å². The second kappa shape index (κ2) is 9.55. The van der Waals surface area contributed by atoms with E-state index in [2.05, 4.69) is 32.9 Å². The molecular weight excluding hydrogens is 289 g/mol. The summed E-state index contributed by atoms with van der Waals surface area (Å²) in [5.41, 5.74) is -0.997. The standard InChI is InChI=1S/C15H22NO4P/c1-6-10-12(5)15(11-7-2,20-21-19)16(13(17)8-3)14(18)9-4/h6-9,13-14,17-18H,1-5,10-11H2. The van der Waals surface area contributed by atoms with E-state index in [1.807, 2.05) is 0 Å². The molecule has 0 aliphatic carbocycles. The van der Waals surface area contributed by atoms with Gasteiger partial charge in [-0.15, -0.1) is 13.2 Å². The zero-order chi connectivity index (χ0) is 16.5. The summed E-state index contributed by atoms with van der Waals surface area (Å²) in [5, 5.41) is 20.3. The van der Waals surface area contributed by atoms with E-state index in [-0.39, 0.29) is 6.42 Å². The van der Waals surface area contributed by atoms with Crippen LogP contribution in [0.4, 0.5) is 0 Å². The van der Waals surface area contributed by atoms with Gasteiger partial charge in [-0.05, 0) is 24.1 Å². The molecule has 0 spiro atoms. The minimum atomic E-state index is -1.44. The molecule has 0 radical (unpaired) electrons. The van der Waals surface area contributed by atoms with Crippen LogP contribution in [0.15, 0.2) is 62.8 Å². The van der Waals surface area contributed by atoms with Crippen LogP contribution < -0.4 is 0 Å². The van der Waals surface area contributed by atoms with Crippen molar-refractivity contribution in [2.75, 3.05) is 0 Å². The third-order valence-corrected chi connectivity index (χ3v) is 3.34. The third kappa shape index (κ3) is 4.56. The number of aliphatic hydroxyl groups excluding tert-OH is 2. The molecule has 5 nitrogen and oxygen atoms in total. The van der Waals surface area contributed by atoms with Crippen molar-refractivity contribution in [1.29, 1.82) is 0 Å². The Hall–Kier alpha value is -1.36. The molecule has 0 aliphatic rings. The number of hydrogen-bond donors (Lipinski definition) is 2. The van der Waals surface area contributed by atoms with E-state index in [1.165, 1.54) is 18.2 Å². The van der Waals surface area contributed by atoms with Crippen molar-refractivity contribution in [2.24, 2.45) is 0 Å². The fourth-order valence-electron chi connectivity index (χ4n) is 1.98. The zero-order valence-electron chi connectivity index (χ0n) is 12.0. The first-order valence-electron chi connectivity index (χ1n) is 6.25. The second-order valence-electron chi connectivity index (χ2n) is 4.25. The molecule has 3 unspecified atom stereocenters. The lowest BCUT2D eigenvalue weighted by molar-refractivity contribution is -0.175. The van der Waals surface area contributed by atoms with Crippen LogP contribution in [0.2, 0.25) is 0 Å². The Morgan fingerprint density at radius 2 is 1.71 bits per heavy atom. The van der Waals surface area contributed by atoms with Gasteiger partial charge in [-0.25, -0.2) is 9.46 Å². The first-order valence-corrected chi connectivity index (χ1v) is 6.98. The molecular formula is C15H22NO4P. The molecule has 21 heavy (non-hydrogen) atoms. The van der Waals surface area contributed by atoms with E-state index in [9.17, 15) is 14.8 Å². The monoisotopic (exact) mass is 311 g/mol. The Bertz CT molecular complexity index is 398. The average molecular weight is 311 g/mol. The summed E-state index contributed by atoms with van der Waals surface area (Å²) >= 11 is 0. The van der Waals surface area contributed by atoms with Gasteiger partial charge in [0.1, 0.15) is 12.5 Å². The van der Waals surface area contributed by atoms with Crippen molar-refractivity contribution < 1.29 is 19.3 Å². The van der Waals surface area contributed by atoms with Crippen LogP contribution >= 0.6 is 8.69 Å². The van der Waals surface area contributed by atoms with Crippen LogP contribution in [0.5, 0.6) is 0 Å². The molecule has 0 heterocycles. The highest BCUT2D eigenvalue weighted by atomic mass is 31.1. The lowest BCUT2D eigenvalue weighted by Gasteiger charge is -2.45. The normalized spacial score (nSPS) is 16.7. The van der Waals surface area contributed by atoms with E-state index < -0.39 is 26.9 Å². The van der Waals surface area contributed by atoms with Gasteiger partial charge in [0.05, 0.1) is 0 Å². The van der Waals surface area contributed by atoms with Crippen LogP contribution in [-0.2, 0) is 9.09 Å². The van der Waals surface area contributed by atoms with Crippen molar-refractivity contribution in [3.63, 3.8) is 0 Å². The van der Waals surface area contributed by atoms with Crippen molar-refractivity contribution in [3.8, 4) is 0 Å². The van der Waals surface area contributed by atoms with Gasteiger partial charge in [0.25, 0.3) is 0 Å². The number of allylic oxidation sites excluding steroid dienone is 1. The number of aliphatic hydroxyl groups is 2. The smallest absolute Gasteiger partial charge is 0.329 e. The second-order valence-corrected chi connectivity index (χ2v) is 4.58. The number of rotatable bonds is 12. The van der Waals surface area contributed by atoms with E-state index in [1.54, 1.807) is 6.08 Å². The van der Waals surface area contributed by atoms with Crippen LogP contribution in [0, 0.1) is 0 Å². The molecule has 0 rings (SSSR count). The lowest BCUT2D eigenvalue weighted by atomic mass is 9.94.